The van der Waals surface area contributed by atoms with Crippen molar-refractivity contribution in [1.82, 2.24) is 14.9 Å². The number of carbonyl (C=O) groups is 2. The molecule has 0 radical (unpaired) electrons. The van der Waals surface area contributed by atoms with Crippen molar-refractivity contribution in [3.8, 4) is 0 Å². The van der Waals surface area contributed by atoms with Crippen LogP contribution in [0.1, 0.15) is 23.7 Å². The average Bonchev–Trinajstić information content (AvgIpc) is 2.60. The molecule has 2 amide bonds. The SMILES string of the molecule is CCC(COC)NC(=O)c1cccc(S(=O)(=O)N(C)CC(=O)NC)c1. The van der Waals surface area contributed by atoms with Crippen LogP contribution in [-0.4, -0.2) is 64.9 Å². The van der Waals surface area contributed by atoms with Crippen LogP contribution >= 0.6 is 0 Å². The Morgan fingerprint density at radius 3 is 2.56 bits per heavy atom. The van der Waals surface area contributed by atoms with Crippen molar-refractivity contribution in [3.05, 3.63) is 29.8 Å². The smallest absolute Gasteiger partial charge is 0.251 e. The van der Waals surface area contributed by atoms with Gasteiger partial charge in [-0.25, -0.2) is 8.42 Å². The molecule has 1 aromatic carbocycles. The summed E-state index contributed by atoms with van der Waals surface area (Å²) in [5.41, 5.74) is 0.226. The molecule has 0 aromatic heterocycles. The second-order valence-electron chi connectivity index (χ2n) is 5.50. The van der Waals surface area contributed by atoms with E-state index in [2.05, 4.69) is 10.6 Å². The Hall–Kier alpha value is -1.97. The second kappa shape index (κ2) is 9.50. The zero-order valence-electron chi connectivity index (χ0n) is 14.9. The van der Waals surface area contributed by atoms with Gasteiger partial charge >= 0.3 is 0 Å². The van der Waals surface area contributed by atoms with Crippen LogP contribution in [0.2, 0.25) is 0 Å². The number of sulfonamides is 1. The quantitative estimate of drug-likeness (QED) is 0.646. The maximum absolute atomic E-state index is 12.5. The molecule has 9 heteroatoms. The lowest BCUT2D eigenvalue weighted by Crippen LogP contribution is -2.38. The van der Waals surface area contributed by atoms with Crippen LogP contribution in [0.4, 0.5) is 0 Å². The van der Waals surface area contributed by atoms with Crippen LogP contribution in [0, 0.1) is 0 Å². The van der Waals surface area contributed by atoms with Gasteiger partial charge in [0.2, 0.25) is 15.9 Å². The Bertz CT molecular complexity index is 705. The van der Waals surface area contributed by atoms with E-state index in [0.717, 1.165) is 4.31 Å². The molecular formula is C16H25N3O5S. The molecule has 0 saturated heterocycles. The summed E-state index contributed by atoms with van der Waals surface area (Å²) in [4.78, 5) is 23.7. The van der Waals surface area contributed by atoms with Gasteiger partial charge in [-0.15, -0.1) is 0 Å². The van der Waals surface area contributed by atoms with E-state index in [1.165, 1.54) is 38.4 Å². The predicted octanol–water partition coefficient (Wildman–Crippen LogP) is 0.208. The molecular weight excluding hydrogens is 346 g/mol. The summed E-state index contributed by atoms with van der Waals surface area (Å²) in [6.07, 6.45) is 0.687. The second-order valence-corrected chi connectivity index (χ2v) is 7.54. The number of nitrogens with zero attached hydrogens (tertiary/aromatic N) is 1. The standard InChI is InChI=1S/C16H25N3O5S/c1-5-13(11-24-4)18-16(21)12-7-6-8-14(9-12)25(22,23)19(3)10-15(20)17-2/h6-9,13H,5,10-11H2,1-4H3,(H,17,20)(H,18,21). The minimum Gasteiger partial charge on any atom is -0.383 e. The van der Waals surface area contributed by atoms with E-state index in [0.29, 0.717) is 13.0 Å². The van der Waals surface area contributed by atoms with Crippen molar-refractivity contribution in [3.63, 3.8) is 0 Å². The molecule has 25 heavy (non-hydrogen) atoms. The Morgan fingerprint density at radius 2 is 2.00 bits per heavy atom. The van der Waals surface area contributed by atoms with E-state index >= 15 is 0 Å². The molecule has 0 spiro atoms. The number of rotatable bonds is 9. The molecule has 0 fully saturated rings. The average molecular weight is 371 g/mol. The highest BCUT2D eigenvalue weighted by molar-refractivity contribution is 7.89. The van der Waals surface area contributed by atoms with Gasteiger partial charge in [0.05, 0.1) is 24.1 Å². The number of ether oxygens (including phenoxy) is 1. The third-order valence-electron chi connectivity index (χ3n) is 3.65. The van der Waals surface area contributed by atoms with Crippen molar-refractivity contribution in [2.24, 2.45) is 0 Å². The summed E-state index contributed by atoms with van der Waals surface area (Å²) in [6, 6.07) is 5.55. The highest BCUT2D eigenvalue weighted by Gasteiger charge is 2.24. The summed E-state index contributed by atoms with van der Waals surface area (Å²) in [5, 5.41) is 5.16. The van der Waals surface area contributed by atoms with Gasteiger partial charge in [-0.2, -0.15) is 4.31 Å². The number of amides is 2. The number of carbonyl (C=O) groups excluding carboxylic acids is 2. The molecule has 1 atom stereocenters. The van der Waals surface area contributed by atoms with Crippen LogP contribution in [-0.2, 0) is 19.6 Å². The van der Waals surface area contributed by atoms with E-state index in [1.54, 1.807) is 7.11 Å². The largest absolute Gasteiger partial charge is 0.383 e. The summed E-state index contributed by atoms with van der Waals surface area (Å²) in [6.45, 7) is 1.98. The molecule has 8 nitrogen and oxygen atoms in total. The Morgan fingerprint density at radius 1 is 1.32 bits per heavy atom. The first-order valence-corrected chi connectivity index (χ1v) is 9.27. The van der Waals surface area contributed by atoms with Gasteiger partial charge < -0.3 is 15.4 Å². The fourth-order valence-electron chi connectivity index (χ4n) is 2.08. The van der Waals surface area contributed by atoms with Gasteiger partial charge in [0.25, 0.3) is 5.91 Å². The minimum absolute atomic E-state index is 0.0497. The van der Waals surface area contributed by atoms with Crippen molar-refractivity contribution in [2.75, 3.05) is 34.4 Å². The van der Waals surface area contributed by atoms with E-state index in [1.807, 2.05) is 6.92 Å². The molecule has 0 bridgehead atoms. The lowest BCUT2D eigenvalue weighted by atomic mass is 10.2. The third-order valence-corrected chi connectivity index (χ3v) is 5.44. The first-order chi connectivity index (χ1) is 11.8. The Labute approximate surface area is 148 Å². The first-order valence-electron chi connectivity index (χ1n) is 7.83. The molecule has 0 saturated carbocycles. The van der Waals surface area contributed by atoms with Crippen LogP contribution in [0.3, 0.4) is 0 Å². The molecule has 1 unspecified atom stereocenters. The van der Waals surface area contributed by atoms with Gasteiger partial charge in [-0.05, 0) is 24.6 Å². The van der Waals surface area contributed by atoms with Crippen molar-refractivity contribution in [2.45, 2.75) is 24.3 Å². The molecule has 0 aliphatic heterocycles. The van der Waals surface area contributed by atoms with Crippen LogP contribution in [0.25, 0.3) is 0 Å². The molecule has 0 aliphatic carbocycles. The topological polar surface area (TPSA) is 105 Å². The highest BCUT2D eigenvalue weighted by atomic mass is 32.2. The molecule has 140 valence electrons. The van der Waals surface area contributed by atoms with Gasteiger partial charge in [0.15, 0.2) is 0 Å². The number of hydrogen-bond acceptors (Lipinski definition) is 5. The van der Waals surface area contributed by atoms with Gasteiger partial charge in [-0.3, -0.25) is 9.59 Å². The third kappa shape index (κ3) is 5.80. The Kier molecular flexibility index (Phi) is 8.01. The van der Waals surface area contributed by atoms with E-state index in [4.69, 9.17) is 4.74 Å². The first kappa shape index (κ1) is 21.1. The summed E-state index contributed by atoms with van der Waals surface area (Å²) < 4.78 is 31.0. The van der Waals surface area contributed by atoms with Gasteiger partial charge in [-0.1, -0.05) is 13.0 Å². The normalized spacial score (nSPS) is 12.7. The van der Waals surface area contributed by atoms with Crippen molar-refractivity contribution < 1.29 is 22.7 Å². The zero-order valence-corrected chi connectivity index (χ0v) is 15.7. The zero-order chi connectivity index (χ0) is 19.0. The maximum atomic E-state index is 12.5. The fourth-order valence-corrected chi connectivity index (χ4v) is 3.25. The summed E-state index contributed by atoms with van der Waals surface area (Å²) in [7, 11) is 0.406. The number of methoxy groups -OCH3 is 1. The lowest BCUT2D eigenvalue weighted by Gasteiger charge is -2.18. The van der Waals surface area contributed by atoms with Crippen LogP contribution < -0.4 is 10.6 Å². The molecule has 1 aromatic rings. The fraction of sp³-hybridized carbons (Fsp3) is 0.500. The Balaban J connectivity index is 3.00. The number of likely N-dealkylation sites (N-methyl/N-ethyl adjacent to an activating group) is 2. The maximum Gasteiger partial charge on any atom is 0.251 e. The lowest BCUT2D eigenvalue weighted by molar-refractivity contribution is -0.120. The van der Waals surface area contributed by atoms with Gasteiger partial charge in [0, 0.05) is 26.8 Å². The van der Waals surface area contributed by atoms with Gasteiger partial charge in [0.1, 0.15) is 0 Å². The molecule has 0 aliphatic rings. The molecule has 2 N–H and O–H groups in total. The van der Waals surface area contributed by atoms with E-state index < -0.39 is 15.9 Å². The highest BCUT2D eigenvalue weighted by Crippen LogP contribution is 2.16. The number of hydrogen-bond donors (Lipinski definition) is 2. The van der Waals surface area contributed by atoms with Crippen LogP contribution in [0.5, 0.6) is 0 Å². The number of benzene rings is 1. The minimum atomic E-state index is -3.88. The van der Waals surface area contributed by atoms with E-state index in [9.17, 15) is 18.0 Å². The summed E-state index contributed by atoms with van der Waals surface area (Å²) in [5.74, 6) is -0.805. The van der Waals surface area contributed by atoms with E-state index in [-0.39, 0.29) is 29.0 Å². The number of nitrogens with one attached hydrogen (secondary N) is 2. The molecule has 1 rings (SSSR count). The molecule has 0 heterocycles. The predicted molar refractivity (Wildman–Crippen MR) is 93.7 cm³/mol. The monoisotopic (exact) mass is 371 g/mol. The van der Waals surface area contributed by atoms with Crippen molar-refractivity contribution >= 4 is 21.8 Å². The van der Waals surface area contributed by atoms with Crippen LogP contribution in [0.15, 0.2) is 29.2 Å². The summed E-state index contributed by atoms with van der Waals surface area (Å²) >= 11 is 0. The van der Waals surface area contributed by atoms with Crippen molar-refractivity contribution in [1.29, 1.82) is 0 Å².